The summed E-state index contributed by atoms with van der Waals surface area (Å²) in [5.74, 6) is 1.52. The lowest BCUT2D eigenvalue weighted by atomic mass is 10.0. The summed E-state index contributed by atoms with van der Waals surface area (Å²) in [6.07, 6.45) is 2.13. The van der Waals surface area contributed by atoms with Crippen molar-refractivity contribution in [1.29, 1.82) is 0 Å². The molecule has 0 radical (unpaired) electrons. The predicted molar refractivity (Wildman–Crippen MR) is 49.7 cm³/mol. The summed E-state index contributed by atoms with van der Waals surface area (Å²) in [5, 5.41) is 3.92. The van der Waals surface area contributed by atoms with Gasteiger partial charge in [0.05, 0.1) is 12.6 Å². The van der Waals surface area contributed by atoms with E-state index in [0.29, 0.717) is 12.5 Å². The Morgan fingerprint density at radius 1 is 1.57 bits per heavy atom. The average Bonchev–Trinajstić information content (AvgIpc) is 2.68. The molecule has 1 unspecified atom stereocenters. The Balaban J connectivity index is 2.07. The fraction of sp³-hybridized carbons (Fsp3) is 0.778. The van der Waals surface area contributed by atoms with E-state index in [0.717, 1.165) is 25.3 Å². The van der Waals surface area contributed by atoms with Crippen molar-refractivity contribution in [2.75, 3.05) is 13.2 Å². The monoisotopic (exact) mass is 197 g/mol. The highest BCUT2D eigenvalue weighted by Crippen LogP contribution is 2.23. The number of nitrogens with zero attached hydrogens (tertiary/aromatic N) is 2. The summed E-state index contributed by atoms with van der Waals surface area (Å²) in [7, 11) is 0. The van der Waals surface area contributed by atoms with Gasteiger partial charge in [0.25, 0.3) is 0 Å². The molecule has 2 N–H and O–H groups in total. The van der Waals surface area contributed by atoms with Gasteiger partial charge in [-0.05, 0) is 19.8 Å². The molecule has 14 heavy (non-hydrogen) atoms. The number of aromatic nitrogens is 2. The van der Waals surface area contributed by atoms with Crippen LogP contribution in [-0.4, -0.2) is 23.4 Å². The topological polar surface area (TPSA) is 74.2 Å². The molecule has 1 aliphatic heterocycles. The molecule has 0 aromatic carbocycles. The van der Waals surface area contributed by atoms with Crippen molar-refractivity contribution in [1.82, 2.24) is 10.1 Å². The maximum atomic E-state index is 5.63. The molecule has 1 saturated heterocycles. The first-order valence-corrected chi connectivity index (χ1v) is 4.94. The fourth-order valence-corrected chi connectivity index (χ4v) is 1.54. The Bertz CT molecular complexity index is 292. The lowest BCUT2D eigenvalue weighted by Crippen LogP contribution is -2.16. The molecule has 5 heteroatoms. The predicted octanol–water partition coefficient (Wildman–Crippen LogP) is 0.983. The lowest BCUT2D eigenvalue weighted by molar-refractivity contribution is 0.0773. The van der Waals surface area contributed by atoms with Gasteiger partial charge in [0, 0.05) is 12.5 Å². The van der Waals surface area contributed by atoms with Crippen LogP contribution in [0.2, 0.25) is 0 Å². The third kappa shape index (κ3) is 1.93. The number of nitrogens with two attached hydrogens (primary N) is 1. The highest BCUT2D eigenvalue weighted by atomic mass is 16.5. The van der Waals surface area contributed by atoms with Crippen LogP contribution in [0.4, 0.5) is 0 Å². The highest BCUT2D eigenvalue weighted by molar-refractivity contribution is 4.98. The molecular weight excluding hydrogens is 182 g/mol. The molecule has 0 aliphatic carbocycles. The van der Waals surface area contributed by atoms with Gasteiger partial charge in [0.2, 0.25) is 5.89 Å². The van der Waals surface area contributed by atoms with Crippen molar-refractivity contribution < 1.29 is 9.26 Å². The molecule has 0 spiro atoms. The quantitative estimate of drug-likeness (QED) is 0.765. The van der Waals surface area contributed by atoms with E-state index in [4.69, 9.17) is 15.0 Å². The molecule has 78 valence electrons. The van der Waals surface area contributed by atoms with Gasteiger partial charge in [-0.1, -0.05) is 5.16 Å². The van der Waals surface area contributed by atoms with Crippen molar-refractivity contribution in [3.63, 3.8) is 0 Å². The summed E-state index contributed by atoms with van der Waals surface area (Å²) in [4.78, 5) is 4.25. The molecular formula is C9H15N3O2. The van der Waals surface area contributed by atoms with Gasteiger partial charge in [-0.25, -0.2) is 0 Å². The van der Waals surface area contributed by atoms with Crippen molar-refractivity contribution >= 4 is 0 Å². The average molecular weight is 197 g/mol. The van der Waals surface area contributed by atoms with Gasteiger partial charge in [-0.3, -0.25) is 0 Å². The highest BCUT2D eigenvalue weighted by Gasteiger charge is 2.22. The molecule has 1 aromatic heterocycles. The number of ether oxygens (including phenoxy) is 1. The summed E-state index contributed by atoms with van der Waals surface area (Å²) in [6.45, 7) is 3.36. The van der Waals surface area contributed by atoms with Crippen LogP contribution in [0, 0.1) is 0 Å². The van der Waals surface area contributed by atoms with Crippen LogP contribution in [0.25, 0.3) is 0 Å². The van der Waals surface area contributed by atoms with Gasteiger partial charge < -0.3 is 15.0 Å². The zero-order valence-corrected chi connectivity index (χ0v) is 8.27. The molecule has 0 saturated carbocycles. The van der Waals surface area contributed by atoms with Gasteiger partial charge in [-0.2, -0.15) is 4.98 Å². The third-order valence-electron chi connectivity index (χ3n) is 2.37. The molecule has 2 heterocycles. The van der Waals surface area contributed by atoms with Crippen LogP contribution in [-0.2, 0) is 4.74 Å². The van der Waals surface area contributed by atoms with E-state index in [2.05, 4.69) is 10.1 Å². The first kappa shape index (κ1) is 9.61. The molecule has 0 bridgehead atoms. The number of hydrogen-bond donors (Lipinski definition) is 1. The van der Waals surface area contributed by atoms with Crippen LogP contribution < -0.4 is 5.73 Å². The van der Waals surface area contributed by atoms with Gasteiger partial charge in [-0.15, -0.1) is 0 Å². The van der Waals surface area contributed by atoms with E-state index >= 15 is 0 Å². The van der Waals surface area contributed by atoms with E-state index in [1.165, 1.54) is 0 Å². The van der Waals surface area contributed by atoms with Crippen LogP contribution >= 0.6 is 0 Å². The lowest BCUT2D eigenvalue weighted by Gasteiger charge is -2.18. The molecule has 1 fully saturated rings. The summed E-state index contributed by atoms with van der Waals surface area (Å²) < 4.78 is 10.4. The SMILES string of the molecule is C[C@@H](N)c1nc(C2CCCOC2)no1. The smallest absolute Gasteiger partial charge is 0.243 e. The second-order valence-corrected chi connectivity index (χ2v) is 3.69. The summed E-state index contributed by atoms with van der Waals surface area (Å²) in [5.41, 5.74) is 5.63. The Morgan fingerprint density at radius 3 is 3.00 bits per heavy atom. The van der Waals surface area contributed by atoms with Gasteiger partial charge in [0.1, 0.15) is 0 Å². The Labute approximate surface area is 82.6 Å². The van der Waals surface area contributed by atoms with Crippen molar-refractivity contribution in [2.24, 2.45) is 5.73 Å². The number of hydrogen-bond acceptors (Lipinski definition) is 5. The van der Waals surface area contributed by atoms with E-state index in [-0.39, 0.29) is 12.0 Å². The Kier molecular flexibility index (Phi) is 2.79. The minimum atomic E-state index is -0.194. The van der Waals surface area contributed by atoms with Crippen molar-refractivity contribution in [2.45, 2.75) is 31.7 Å². The molecule has 1 aliphatic rings. The van der Waals surface area contributed by atoms with Gasteiger partial charge in [0.15, 0.2) is 5.82 Å². The second-order valence-electron chi connectivity index (χ2n) is 3.69. The molecule has 1 aromatic rings. The van der Waals surface area contributed by atoms with Crippen molar-refractivity contribution in [3.05, 3.63) is 11.7 Å². The maximum Gasteiger partial charge on any atom is 0.243 e. The summed E-state index contributed by atoms with van der Waals surface area (Å²) >= 11 is 0. The molecule has 2 atom stereocenters. The van der Waals surface area contributed by atoms with Crippen LogP contribution in [0.5, 0.6) is 0 Å². The van der Waals surface area contributed by atoms with E-state index < -0.39 is 0 Å². The normalized spacial score (nSPS) is 24.9. The largest absolute Gasteiger partial charge is 0.381 e. The summed E-state index contributed by atoms with van der Waals surface area (Å²) in [6, 6.07) is -0.194. The van der Waals surface area contributed by atoms with E-state index in [9.17, 15) is 0 Å². The van der Waals surface area contributed by atoms with Gasteiger partial charge >= 0.3 is 0 Å². The minimum absolute atomic E-state index is 0.194. The fourth-order valence-electron chi connectivity index (χ4n) is 1.54. The second kappa shape index (κ2) is 4.06. The molecule has 5 nitrogen and oxygen atoms in total. The standard InChI is InChI=1S/C9H15N3O2/c1-6(10)9-11-8(12-14-9)7-3-2-4-13-5-7/h6-7H,2-5,10H2,1H3/t6-,7?/m1/s1. The third-order valence-corrected chi connectivity index (χ3v) is 2.37. The Hall–Kier alpha value is -0.940. The Morgan fingerprint density at radius 2 is 2.43 bits per heavy atom. The van der Waals surface area contributed by atoms with E-state index in [1.807, 2.05) is 6.92 Å². The van der Waals surface area contributed by atoms with Crippen LogP contribution in [0.1, 0.15) is 43.4 Å². The molecule has 2 rings (SSSR count). The number of rotatable bonds is 2. The van der Waals surface area contributed by atoms with E-state index in [1.54, 1.807) is 0 Å². The zero-order chi connectivity index (χ0) is 9.97. The first-order chi connectivity index (χ1) is 6.77. The maximum absolute atomic E-state index is 5.63. The van der Waals surface area contributed by atoms with Crippen LogP contribution in [0.15, 0.2) is 4.52 Å². The minimum Gasteiger partial charge on any atom is -0.381 e. The first-order valence-electron chi connectivity index (χ1n) is 4.94. The van der Waals surface area contributed by atoms with Crippen molar-refractivity contribution in [3.8, 4) is 0 Å². The van der Waals surface area contributed by atoms with Crippen LogP contribution in [0.3, 0.4) is 0 Å². The zero-order valence-electron chi connectivity index (χ0n) is 8.27. The molecule has 0 amide bonds.